The van der Waals surface area contributed by atoms with Gasteiger partial charge in [0, 0.05) is 26.2 Å². The molecule has 0 aliphatic rings. The van der Waals surface area contributed by atoms with Gasteiger partial charge >= 0.3 is 0 Å². The van der Waals surface area contributed by atoms with Crippen molar-refractivity contribution in [2.24, 2.45) is 11.8 Å². The molecule has 0 saturated heterocycles. The summed E-state index contributed by atoms with van der Waals surface area (Å²) in [6, 6.07) is 1.65. The molecular formula is C13H23N3OS. The van der Waals surface area contributed by atoms with E-state index in [1.54, 1.807) is 12.3 Å². The fourth-order valence-corrected chi connectivity index (χ4v) is 2.19. The van der Waals surface area contributed by atoms with Crippen LogP contribution in [0.4, 0.5) is 5.69 Å². The van der Waals surface area contributed by atoms with Gasteiger partial charge in [0.25, 0.3) is 5.56 Å². The van der Waals surface area contributed by atoms with E-state index in [9.17, 15) is 4.79 Å². The average molecular weight is 269 g/mol. The highest BCUT2D eigenvalue weighted by molar-refractivity contribution is 7.80. The molecule has 0 N–H and O–H groups in total. The molecule has 1 unspecified atom stereocenters. The zero-order valence-electron chi connectivity index (χ0n) is 11.6. The van der Waals surface area contributed by atoms with Gasteiger partial charge in [-0.3, -0.25) is 4.79 Å². The first-order valence-electron chi connectivity index (χ1n) is 6.38. The fraction of sp³-hybridized carbons (Fsp3) is 0.692. The number of hydrogen-bond donors (Lipinski definition) is 1. The summed E-state index contributed by atoms with van der Waals surface area (Å²) in [5, 5.41) is 4.25. The normalized spacial score (nSPS) is 12.8. The van der Waals surface area contributed by atoms with Crippen molar-refractivity contribution in [1.82, 2.24) is 9.78 Å². The van der Waals surface area contributed by atoms with Crippen molar-refractivity contribution >= 4 is 18.3 Å². The second kappa shape index (κ2) is 6.83. The van der Waals surface area contributed by atoms with E-state index < -0.39 is 0 Å². The molecule has 1 heterocycles. The third kappa shape index (κ3) is 3.77. The molecule has 1 aromatic heterocycles. The van der Waals surface area contributed by atoms with Crippen LogP contribution in [0.1, 0.15) is 20.8 Å². The molecule has 0 aliphatic carbocycles. The second-order valence-corrected chi connectivity index (χ2v) is 5.30. The van der Waals surface area contributed by atoms with Crippen LogP contribution in [-0.4, -0.2) is 29.1 Å². The smallest absolute Gasteiger partial charge is 0.268 e. The summed E-state index contributed by atoms with van der Waals surface area (Å²) in [6.45, 7) is 7.82. The zero-order valence-corrected chi connectivity index (χ0v) is 12.5. The van der Waals surface area contributed by atoms with E-state index >= 15 is 0 Å². The van der Waals surface area contributed by atoms with Gasteiger partial charge in [-0.25, -0.2) is 4.68 Å². The maximum Gasteiger partial charge on any atom is 0.268 e. The minimum absolute atomic E-state index is 0.0415. The van der Waals surface area contributed by atoms with Gasteiger partial charge in [-0.05, 0) is 24.5 Å². The quantitative estimate of drug-likeness (QED) is 0.802. The van der Waals surface area contributed by atoms with Gasteiger partial charge in [-0.15, -0.1) is 0 Å². The lowest BCUT2D eigenvalue weighted by molar-refractivity contribution is 0.347. The first-order valence-corrected chi connectivity index (χ1v) is 7.02. The average Bonchev–Trinajstić information content (AvgIpc) is 2.35. The Kier molecular flexibility index (Phi) is 5.72. The molecule has 4 nitrogen and oxygen atoms in total. The van der Waals surface area contributed by atoms with E-state index in [2.05, 4.69) is 31.6 Å². The first kappa shape index (κ1) is 15.1. The molecule has 0 amide bonds. The van der Waals surface area contributed by atoms with Crippen molar-refractivity contribution in [3.05, 3.63) is 22.6 Å². The number of hydrogen-bond acceptors (Lipinski definition) is 4. The van der Waals surface area contributed by atoms with Crippen molar-refractivity contribution in [2.75, 3.05) is 24.2 Å². The van der Waals surface area contributed by atoms with Crippen LogP contribution in [0, 0.1) is 11.8 Å². The topological polar surface area (TPSA) is 38.1 Å². The summed E-state index contributed by atoms with van der Waals surface area (Å²) in [6.07, 6.45) is 1.75. The molecule has 102 valence electrons. The number of aromatic nitrogens is 2. The lowest BCUT2D eigenvalue weighted by Crippen LogP contribution is -2.30. The lowest BCUT2D eigenvalue weighted by Gasteiger charge is -2.20. The highest BCUT2D eigenvalue weighted by atomic mass is 32.1. The number of anilines is 1. The zero-order chi connectivity index (χ0) is 13.7. The van der Waals surface area contributed by atoms with Gasteiger partial charge < -0.3 is 4.90 Å². The van der Waals surface area contributed by atoms with Crippen LogP contribution in [0.2, 0.25) is 0 Å². The van der Waals surface area contributed by atoms with Crippen molar-refractivity contribution in [3.63, 3.8) is 0 Å². The third-order valence-corrected chi connectivity index (χ3v) is 3.82. The van der Waals surface area contributed by atoms with E-state index in [-0.39, 0.29) is 5.56 Å². The van der Waals surface area contributed by atoms with Gasteiger partial charge in [0.2, 0.25) is 0 Å². The number of thiol groups is 1. The van der Waals surface area contributed by atoms with Crippen LogP contribution in [0.15, 0.2) is 17.1 Å². The Morgan fingerprint density at radius 2 is 2.17 bits per heavy atom. The SMILES string of the molecule is CCN(C)c1cnn(CC(CS)C(C)C)c(=O)c1. The maximum atomic E-state index is 12.0. The Hall–Kier alpha value is -0.970. The summed E-state index contributed by atoms with van der Waals surface area (Å²) in [5.41, 5.74) is 0.825. The summed E-state index contributed by atoms with van der Waals surface area (Å²) in [4.78, 5) is 14.0. The summed E-state index contributed by atoms with van der Waals surface area (Å²) in [5.74, 6) is 1.63. The molecule has 0 radical (unpaired) electrons. The predicted molar refractivity (Wildman–Crippen MR) is 79.6 cm³/mol. The molecule has 18 heavy (non-hydrogen) atoms. The second-order valence-electron chi connectivity index (χ2n) is 4.93. The number of nitrogens with zero attached hydrogens (tertiary/aromatic N) is 3. The molecule has 1 aromatic rings. The van der Waals surface area contributed by atoms with Crippen LogP contribution < -0.4 is 10.5 Å². The predicted octanol–water partition coefficient (Wildman–Crippen LogP) is 1.90. The van der Waals surface area contributed by atoms with Gasteiger partial charge in [0.05, 0.1) is 11.9 Å². The molecule has 0 aliphatic heterocycles. The van der Waals surface area contributed by atoms with Gasteiger partial charge in [-0.2, -0.15) is 17.7 Å². The van der Waals surface area contributed by atoms with Gasteiger partial charge in [0.1, 0.15) is 0 Å². The minimum atomic E-state index is -0.0415. The Morgan fingerprint density at radius 1 is 1.50 bits per heavy atom. The van der Waals surface area contributed by atoms with Crippen molar-refractivity contribution < 1.29 is 0 Å². The van der Waals surface area contributed by atoms with E-state index in [0.29, 0.717) is 18.4 Å². The molecule has 1 rings (SSSR count). The Bertz CT molecular complexity index is 430. The Morgan fingerprint density at radius 3 is 2.61 bits per heavy atom. The molecule has 0 spiro atoms. The molecule has 0 saturated carbocycles. The highest BCUT2D eigenvalue weighted by Gasteiger charge is 2.14. The van der Waals surface area contributed by atoms with Crippen LogP contribution in [-0.2, 0) is 6.54 Å². The third-order valence-electron chi connectivity index (χ3n) is 3.36. The lowest BCUT2D eigenvalue weighted by atomic mass is 9.98. The summed E-state index contributed by atoms with van der Waals surface area (Å²) < 4.78 is 1.54. The van der Waals surface area contributed by atoms with Gasteiger partial charge in [-0.1, -0.05) is 13.8 Å². The molecule has 0 fully saturated rings. The van der Waals surface area contributed by atoms with Crippen molar-refractivity contribution in [2.45, 2.75) is 27.3 Å². The molecule has 0 aromatic carbocycles. The Balaban J connectivity index is 2.89. The largest absolute Gasteiger partial charge is 0.373 e. The highest BCUT2D eigenvalue weighted by Crippen LogP contribution is 2.14. The van der Waals surface area contributed by atoms with E-state index in [4.69, 9.17) is 0 Å². The minimum Gasteiger partial charge on any atom is -0.373 e. The van der Waals surface area contributed by atoms with E-state index in [0.717, 1.165) is 18.0 Å². The van der Waals surface area contributed by atoms with Crippen molar-refractivity contribution in [3.8, 4) is 0 Å². The molecule has 1 atom stereocenters. The molecule has 0 bridgehead atoms. The van der Waals surface area contributed by atoms with Crippen LogP contribution in [0.25, 0.3) is 0 Å². The first-order chi connectivity index (χ1) is 8.49. The fourth-order valence-electron chi connectivity index (χ4n) is 1.65. The Labute approximate surface area is 114 Å². The van der Waals surface area contributed by atoms with Crippen LogP contribution >= 0.6 is 12.6 Å². The maximum absolute atomic E-state index is 12.0. The van der Waals surface area contributed by atoms with E-state index in [1.165, 1.54) is 4.68 Å². The molecule has 5 heteroatoms. The van der Waals surface area contributed by atoms with Crippen LogP contribution in [0.5, 0.6) is 0 Å². The molecular weight excluding hydrogens is 246 g/mol. The monoisotopic (exact) mass is 269 g/mol. The van der Waals surface area contributed by atoms with Gasteiger partial charge in [0.15, 0.2) is 0 Å². The summed E-state index contributed by atoms with van der Waals surface area (Å²) in [7, 11) is 1.95. The van der Waals surface area contributed by atoms with Crippen molar-refractivity contribution in [1.29, 1.82) is 0 Å². The standard InChI is InChI=1S/C13H23N3OS/c1-5-15(4)12-6-13(17)16(14-7-12)8-11(9-18)10(2)3/h6-7,10-11,18H,5,8-9H2,1-4H3. The summed E-state index contributed by atoms with van der Waals surface area (Å²) >= 11 is 4.34. The number of rotatable bonds is 6. The van der Waals surface area contributed by atoms with E-state index in [1.807, 2.05) is 18.9 Å². The van der Waals surface area contributed by atoms with Crippen LogP contribution in [0.3, 0.4) is 0 Å².